The number of hydrogen-bond acceptors (Lipinski definition) is 4. The fourth-order valence-corrected chi connectivity index (χ4v) is 3.46. The highest BCUT2D eigenvalue weighted by Gasteiger charge is 2.19. The van der Waals surface area contributed by atoms with Crippen LogP contribution in [0.4, 0.5) is 0 Å². The number of nitrogens with zero attached hydrogens (tertiary/aromatic N) is 2. The van der Waals surface area contributed by atoms with Gasteiger partial charge in [-0.05, 0) is 32.6 Å². The standard InChI is InChI=1S/C14H20N2O3S/c1-10-11(5-6-14(18)19)20-12(15-10)9-13(17)16-7-3-2-4-8-16/h2-9H2,1H3,(H,18,19). The van der Waals surface area contributed by atoms with Crippen LogP contribution in [0.5, 0.6) is 0 Å². The third kappa shape index (κ3) is 4.03. The molecule has 0 aromatic carbocycles. The van der Waals surface area contributed by atoms with Crippen molar-refractivity contribution in [2.24, 2.45) is 0 Å². The van der Waals surface area contributed by atoms with Gasteiger partial charge < -0.3 is 10.0 Å². The molecule has 0 aliphatic carbocycles. The highest BCUT2D eigenvalue weighted by atomic mass is 32.1. The molecular formula is C14H20N2O3S. The van der Waals surface area contributed by atoms with E-state index in [0.29, 0.717) is 12.8 Å². The SMILES string of the molecule is Cc1nc(CC(=O)N2CCCCC2)sc1CCC(=O)O. The Hall–Kier alpha value is -1.43. The Bertz CT molecular complexity index is 493. The molecule has 0 spiro atoms. The molecule has 0 bridgehead atoms. The van der Waals surface area contributed by atoms with Gasteiger partial charge in [-0.1, -0.05) is 0 Å². The van der Waals surface area contributed by atoms with Crippen LogP contribution >= 0.6 is 11.3 Å². The number of aromatic nitrogens is 1. The molecule has 1 amide bonds. The molecule has 0 saturated carbocycles. The van der Waals surface area contributed by atoms with Crippen LogP contribution in [0, 0.1) is 6.92 Å². The summed E-state index contributed by atoms with van der Waals surface area (Å²) in [6.45, 7) is 3.59. The first-order valence-corrected chi connectivity index (χ1v) is 7.82. The zero-order valence-electron chi connectivity index (χ0n) is 11.7. The van der Waals surface area contributed by atoms with Crippen LogP contribution in [-0.2, 0) is 22.4 Å². The van der Waals surface area contributed by atoms with Crippen LogP contribution in [0.2, 0.25) is 0 Å². The number of carbonyl (C=O) groups is 2. The van der Waals surface area contributed by atoms with Crippen molar-refractivity contribution in [3.05, 3.63) is 15.6 Å². The summed E-state index contributed by atoms with van der Waals surface area (Å²) in [6, 6.07) is 0. The van der Waals surface area contributed by atoms with Gasteiger partial charge in [0.25, 0.3) is 0 Å². The fourth-order valence-electron chi connectivity index (χ4n) is 2.40. The first-order valence-electron chi connectivity index (χ1n) is 7.01. The summed E-state index contributed by atoms with van der Waals surface area (Å²) < 4.78 is 0. The van der Waals surface area contributed by atoms with Crippen molar-refractivity contribution < 1.29 is 14.7 Å². The van der Waals surface area contributed by atoms with Gasteiger partial charge in [0, 0.05) is 18.0 Å². The molecule has 20 heavy (non-hydrogen) atoms. The second-order valence-electron chi connectivity index (χ2n) is 5.13. The van der Waals surface area contributed by atoms with Crippen LogP contribution in [0.25, 0.3) is 0 Å². The lowest BCUT2D eigenvalue weighted by Crippen LogP contribution is -2.36. The van der Waals surface area contributed by atoms with Crippen LogP contribution < -0.4 is 0 Å². The summed E-state index contributed by atoms with van der Waals surface area (Å²) >= 11 is 1.47. The minimum absolute atomic E-state index is 0.114. The zero-order valence-corrected chi connectivity index (χ0v) is 12.5. The van der Waals surface area contributed by atoms with E-state index >= 15 is 0 Å². The number of piperidine rings is 1. The Labute approximate surface area is 122 Å². The smallest absolute Gasteiger partial charge is 0.303 e. The summed E-state index contributed by atoms with van der Waals surface area (Å²) in [4.78, 5) is 30.0. The van der Waals surface area contributed by atoms with Crippen molar-refractivity contribution in [1.82, 2.24) is 9.88 Å². The van der Waals surface area contributed by atoms with Crippen LogP contribution in [0.3, 0.4) is 0 Å². The largest absolute Gasteiger partial charge is 0.481 e. The molecule has 1 N–H and O–H groups in total. The summed E-state index contributed by atoms with van der Waals surface area (Å²) in [5, 5.41) is 9.52. The van der Waals surface area contributed by atoms with Gasteiger partial charge in [0.1, 0.15) is 5.01 Å². The number of hydrogen-bond donors (Lipinski definition) is 1. The number of likely N-dealkylation sites (tertiary alicyclic amines) is 1. The lowest BCUT2D eigenvalue weighted by molar-refractivity contribution is -0.137. The Morgan fingerprint density at radius 3 is 2.65 bits per heavy atom. The monoisotopic (exact) mass is 296 g/mol. The maximum Gasteiger partial charge on any atom is 0.303 e. The van der Waals surface area contributed by atoms with Gasteiger partial charge in [-0.3, -0.25) is 9.59 Å². The van der Waals surface area contributed by atoms with E-state index < -0.39 is 5.97 Å². The average molecular weight is 296 g/mol. The Kier molecular flexibility index (Phi) is 5.11. The maximum atomic E-state index is 12.2. The molecule has 2 rings (SSSR count). The second kappa shape index (κ2) is 6.83. The van der Waals surface area contributed by atoms with Crippen molar-refractivity contribution in [1.29, 1.82) is 0 Å². The number of thiazole rings is 1. The first-order chi connectivity index (χ1) is 9.56. The second-order valence-corrected chi connectivity index (χ2v) is 6.30. The molecule has 1 aliphatic rings. The molecule has 1 aliphatic heterocycles. The van der Waals surface area contributed by atoms with E-state index in [-0.39, 0.29) is 12.3 Å². The van der Waals surface area contributed by atoms with Crippen LogP contribution in [-0.4, -0.2) is 40.0 Å². The van der Waals surface area contributed by atoms with Gasteiger partial charge in [0.15, 0.2) is 0 Å². The van der Waals surface area contributed by atoms with Gasteiger partial charge >= 0.3 is 5.97 Å². The lowest BCUT2D eigenvalue weighted by Gasteiger charge is -2.26. The number of carbonyl (C=O) groups excluding carboxylic acids is 1. The molecule has 1 saturated heterocycles. The van der Waals surface area contributed by atoms with Gasteiger partial charge in [-0.2, -0.15) is 0 Å². The minimum atomic E-state index is -0.802. The highest BCUT2D eigenvalue weighted by Crippen LogP contribution is 2.21. The van der Waals surface area contributed by atoms with E-state index in [1.165, 1.54) is 17.8 Å². The number of carboxylic acids is 1. The van der Waals surface area contributed by atoms with Crippen molar-refractivity contribution in [3.63, 3.8) is 0 Å². The molecule has 6 heteroatoms. The lowest BCUT2D eigenvalue weighted by atomic mass is 10.1. The van der Waals surface area contributed by atoms with Gasteiger partial charge in [0.05, 0.1) is 18.5 Å². The van der Waals surface area contributed by atoms with Crippen molar-refractivity contribution >= 4 is 23.2 Å². The predicted octanol–water partition coefficient (Wildman–Crippen LogP) is 2.02. The van der Waals surface area contributed by atoms with Crippen LogP contribution in [0.15, 0.2) is 0 Å². The third-order valence-electron chi connectivity index (χ3n) is 3.51. The van der Waals surface area contributed by atoms with E-state index in [1.54, 1.807) is 0 Å². The number of amides is 1. The molecule has 110 valence electrons. The van der Waals surface area contributed by atoms with E-state index in [2.05, 4.69) is 4.98 Å². The molecule has 2 heterocycles. The molecule has 0 radical (unpaired) electrons. The number of aliphatic carboxylic acids is 1. The first kappa shape index (κ1) is 15.0. The summed E-state index contributed by atoms with van der Waals surface area (Å²) in [5.74, 6) is -0.660. The topological polar surface area (TPSA) is 70.5 Å². The molecule has 1 aromatic rings. The highest BCUT2D eigenvalue weighted by molar-refractivity contribution is 7.11. The van der Waals surface area contributed by atoms with E-state index in [9.17, 15) is 9.59 Å². The predicted molar refractivity (Wildman–Crippen MR) is 76.9 cm³/mol. The molecule has 1 fully saturated rings. The van der Waals surface area contributed by atoms with E-state index in [4.69, 9.17) is 5.11 Å². The zero-order chi connectivity index (χ0) is 14.5. The third-order valence-corrected chi connectivity index (χ3v) is 4.73. The Balaban J connectivity index is 1.93. The van der Waals surface area contributed by atoms with Gasteiger partial charge in [-0.25, -0.2) is 4.98 Å². The number of aryl methyl sites for hydroxylation is 2. The minimum Gasteiger partial charge on any atom is -0.481 e. The number of rotatable bonds is 5. The molecule has 0 unspecified atom stereocenters. The maximum absolute atomic E-state index is 12.2. The van der Waals surface area contributed by atoms with E-state index in [1.807, 2.05) is 11.8 Å². The van der Waals surface area contributed by atoms with Crippen molar-refractivity contribution in [2.75, 3.05) is 13.1 Å². The van der Waals surface area contributed by atoms with Crippen LogP contribution in [0.1, 0.15) is 41.3 Å². The summed E-state index contributed by atoms with van der Waals surface area (Å²) in [6.07, 6.45) is 4.34. The Morgan fingerprint density at radius 1 is 1.30 bits per heavy atom. The molecule has 1 aromatic heterocycles. The normalized spacial score (nSPS) is 15.3. The molecule has 5 nitrogen and oxygen atoms in total. The van der Waals surface area contributed by atoms with E-state index in [0.717, 1.165) is 41.5 Å². The van der Waals surface area contributed by atoms with Crippen molar-refractivity contribution in [3.8, 4) is 0 Å². The quantitative estimate of drug-likeness (QED) is 0.902. The summed E-state index contributed by atoms with van der Waals surface area (Å²) in [5.41, 5.74) is 0.859. The Morgan fingerprint density at radius 2 is 2.00 bits per heavy atom. The fraction of sp³-hybridized carbons (Fsp3) is 0.643. The van der Waals surface area contributed by atoms with Crippen molar-refractivity contribution in [2.45, 2.75) is 45.4 Å². The molecule has 0 atom stereocenters. The van der Waals surface area contributed by atoms with Gasteiger partial charge in [-0.15, -0.1) is 11.3 Å². The summed E-state index contributed by atoms with van der Waals surface area (Å²) in [7, 11) is 0. The number of carboxylic acid groups (broad SMARTS) is 1. The molecular weight excluding hydrogens is 276 g/mol. The van der Waals surface area contributed by atoms with Gasteiger partial charge in [0.2, 0.25) is 5.91 Å². The average Bonchev–Trinajstić information content (AvgIpc) is 2.77.